The van der Waals surface area contributed by atoms with E-state index >= 15 is 0 Å². The molecule has 0 N–H and O–H groups in total. The van der Waals surface area contributed by atoms with Crippen molar-refractivity contribution >= 4 is 11.0 Å². The summed E-state index contributed by atoms with van der Waals surface area (Å²) in [6, 6.07) is 8.58. The van der Waals surface area contributed by atoms with E-state index in [0.717, 1.165) is 5.39 Å². The molecule has 0 atom stereocenters. The van der Waals surface area contributed by atoms with Gasteiger partial charge >= 0.3 is 5.63 Å². The van der Waals surface area contributed by atoms with Crippen LogP contribution in [0.2, 0.25) is 0 Å². The Morgan fingerprint density at radius 3 is 2.94 bits per heavy atom. The third-order valence-electron chi connectivity index (χ3n) is 2.18. The fourth-order valence-electron chi connectivity index (χ4n) is 1.37. The average molecular weight is 216 g/mol. The topological polar surface area (TPSA) is 39.4 Å². The molecule has 0 unspecified atom stereocenters. The lowest BCUT2D eigenvalue weighted by atomic mass is 10.2. The van der Waals surface area contributed by atoms with Gasteiger partial charge in [-0.15, -0.1) is 0 Å². The fraction of sp³-hybridized carbons (Fsp3) is 0.154. The molecule has 3 heteroatoms. The van der Waals surface area contributed by atoms with Gasteiger partial charge in [-0.3, -0.25) is 0 Å². The van der Waals surface area contributed by atoms with Gasteiger partial charge in [-0.1, -0.05) is 12.2 Å². The number of fused-ring (bicyclic) bond motifs is 1. The highest BCUT2D eigenvalue weighted by molar-refractivity contribution is 5.77. The number of benzene rings is 1. The van der Waals surface area contributed by atoms with E-state index in [2.05, 4.69) is 0 Å². The van der Waals surface area contributed by atoms with Gasteiger partial charge in [0.15, 0.2) is 0 Å². The summed E-state index contributed by atoms with van der Waals surface area (Å²) in [6.07, 6.45) is 3.83. The molecule has 1 aromatic carbocycles. The van der Waals surface area contributed by atoms with Crippen LogP contribution >= 0.6 is 0 Å². The zero-order valence-electron chi connectivity index (χ0n) is 8.97. The summed E-state index contributed by atoms with van der Waals surface area (Å²) in [5.74, 6) is 0.694. The first kappa shape index (κ1) is 10.5. The number of ether oxygens (including phenoxy) is 1. The van der Waals surface area contributed by atoms with Gasteiger partial charge in [0.05, 0.1) is 0 Å². The predicted octanol–water partition coefficient (Wildman–Crippen LogP) is 2.75. The molecule has 0 aliphatic carbocycles. The lowest BCUT2D eigenvalue weighted by Gasteiger charge is -2.03. The van der Waals surface area contributed by atoms with E-state index in [0.29, 0.717) is 17.9 Å². The minimum Gasteiger partial charge on any atom is -0.489 e. The summed E-state index contributed by atoms with van der Waals surface area (Å²) in [4.78, 5) is 11.0. The highest BCUT2D eigenvalue weighted by atomic mass is 16.5. The minimum atomic E-state index is -0.349. The second kappa shape index (κ2) is 4.66. The van der Waals surface area contributed by atoms with Crippen LogP contribution in [0, 0.1) is 0 Å². The Kier molecular flexibility index (Phi) is 3.05. The molecule has 3 nitrogen and oxygen atoms in total. The molecule has 1 heterocycles. The smallest absolute Gasteiger partial charge is 0.336 e. The van der Waals surface area contributed by atoms with Crippen LogP contribution in [0.15, 0.2) is 51.7 Å². The van der Waals surface area contributed by atoms with E-state index in [1.807, 2.05) is 31.2 Å². The molecule has 0 saturated heterocycles. The second-order valence-electron chi connectivity index (χ2n) is 3.33. The van der Waals surface area contributed by atoms with Crippen LogP contribution in [0.3, 0.4) is 0 Å². The van der Waals surface area contributed by atoms with E-state index in [4.69, 9.17) is 9.15 Å². The van der Waals surface area contributed by atoms with E-state index in [-0.39, 0.29) is 5.63 Å². The first-order chi connectivity index (χ1) is 7.79. The maximum Gasteiger partial charge on any atom is 0.336 e. The molecular formula is C13H12O3. The van der Waals surface area contributed by atoms with Crippen LogP contribution in [0.25, 0.3) is 11.0 Å². The number of allylic oxidation sites excluding steroid dienone is 1. The van der Waals surface area contributed by atoms with Gasteiger partial charge in [0.2, 0.25) is 0 Å². The molecule has 0 aliphatic heterocycles. The molecule has 0 spiro atoms. The third kappa shape index (κ3) is 2.31. The van der Waals surface area contributed by atoms with Crippen LogP contribution in [-0.2, 0) is 0 Å². The Hall–Kier alpha value is -2.03. The third-order valence-corrected chi connectivity index (χ3v) is 2.18. The molecule has 0 fully saturated rings. The summed E-state index contributed by atoms with van der Waals surface area (Å²) in [5, 5.41) is 0.887. The Balaban J connectivity index is 2.31. The average Bonchev–Trinajstić information content (AvgIpc) is 2.29. The van der Waals surface area contributed by atoms with E-state index in [1.165, 1.54) is 6.07 Å². The van der Waals surface area contributed by atoms with Crippen molar-refractivity contribution in [2.75, 3.05) is 6.61 Å². The number of hydrogen-bond acceptors (Lipinski definition) is 3. The molecule has 0 saturated carbocycles. The standard InChI is InChI=1S/C13H12O3/c1-2-3-8-15-11-6-4-10-5-7-13(14)16-12(10)9-11/h2-7,9H,8H2,1H3/b3-2-. The van der Waals surface area contributed by atoms with Crippen LogP contribution in [0.5, 0.6) is 5.75 Å². The predicted molar refractivity (Wildman–Crippen MR) is 62.8 cm³/mol. The SMILES string of the molecule is C/C=C\COc1ccc2ccc(=O)oc2c1. The lowest BCUT2D eigenvalue weighted by Crippen LogP contribution is -1.96. The maximum atomic E-state index is 11.0. The largest absolute Gasteiger partial charge is 0.489 e. The Bertz CT molecular complexity index is 567. The number of hydrogen-bond donors (Lipinski definition) is 0. The minimum absolute atomic E-state index is 0.349. The Morgan fingerprint density at radius 2 is 2.12 bits per heavy atom. The highest BCUT2D eigenvalue weighted by Gasteiger charge is 1.99. The summed E-state index contributed by atoms with van der Waals surface area (Å²) in [6.45, 7) is 2.45. The summed E-state index contributed by atoms with van der Waals surface area (Å²) in [5.41, 5.74) is 0.198. The maximum absolute atomic E-state index is 11.0. The van der Waals surface area contributed by atoms with Crippen LogP contribution in [0.4, 0.5) is 0 Å². The van der Waals surface area contributed by atoms with Crippen molar-refractivity contribution in [3.8, 4) is 5.75 Å². The van der Waals surface area contributed by atoms with Gasteiger partial charge in [0, 0.05) is 17.5 Å². The second-order valence-corrected chi connectivity index (χ2v) is 3.33. The van der Waals surface area contributed by atoms with Gasteiger partial charge in [-0.05, 0) is 25.1 Å². The van der Waals surface area contributed by atoms with Crippen LogP contribution in [0.1, 0.15) is 6.92 Å². The first-order valence-electron chi connectivity index (χ1n) is 5.07. The Morgan fingerprint density at radius 1 is 1.31 bits per heavy atom. The Labute approximate surface area is 93.0 Å². The summed E-state index contributed by atoms with van der Waals surface area (Å²) in [7, 11) is 0. The summed E-state index contributed by atoms with van der Waals surface area (Å²) >= 11 is 0. The zero-order chi connectivity index (χ0) is 11.4. The molecular weight excluding hydrogens is 204 g/mol. The van der Waals surface area contributed by atoms with Gasteiger partial charge in [-0.2, -0.15) is 0 Å². The first-order valence-corrected chi connectivity index (χ1v) is 5.07. The fourth-order valence-corrected chi connectivity index (χ4v) is 1.37. The molecule has 0 bridgehead atoms. The molecule has 0 aliphatic rings. The summed E-state index contributed by atoms with van der Waals surface area (Å²) < 4.78 is 10.5. The van der Waals surface area contributed by atoms with Crippen molar-refractivity contribution in [1.29, 1.82) is 0 Å². The van der Waals surface area contributed by atoms with Gasteiger partial charge in [0.25, 0.3) is 0 Å². The van der Waals surface area contributed by atoms with Crippen molar-refractivity contribution < 1.29 is 9.15 Å². The van der Waals surface area contributed by atoms with Crippen molar-refractivity contribution in [3.63, 3.8) is 0 Å². The van der Waals surface area contributed by atoms with Gasteiger partial charge < -0.3 is 9.15 Å². The van der Waals surface area contributed by atoms with Crippen molar-refractivity contribution in [2.24, 2.45) is 0 Å². The van der Waals surface area contributed by atoms with E-state index < -0.39 is 0 Å². The molecule has 0 amide bonds. The van der Waals surface area contributed by atoms with Crippen molar-refractivity contribution in [3.05, 3.63) is 52.9 Å². The molecule has 1 aromatic heterocycles. The lowest BCUT2D eigenvalue weighted by molar-refractivity contribution is 0.362. The zero-order valence-corrected chi connectivity index (χ0v) is 8.97. The molecule has 16 heavy (non-hydrogen) atoms. The van der Waals surface area contributed by atoms with Gasteiger partial charge in [-0.25, -0.2) is 4.79 Å². The van der Waals surface area contributed by atoms with Crippen LogP contribution in [-0.4, -0.2) is 6.61 Å². The van der Waals surface area contributed by atoms with Crippen molar-refractivity contribution in [2.45, 2.75) is 6.92 Å². The molecule has 2 aromatic rings. The van der Waals surface area contributed by atoms with E-state index in [1.54, 1.807) is 12.1 Å². The molecule has 0 radical (unpaired) electrons. The highest BCUT2D eigenvalue weighted by Crippen LogP contribution is 2.19. The van der Waals surface area contributed by atoms with E-state index in [9.17, 15) is 4.79 Å². The quantitative estimate of drug-likeness (QED) is 0.585. The molecule has 82 valence electrons. The van der Waals surface area contributed by atoms with Gasteiger partial charge in [0.1, 0.15) is 17.9 Å². The normalized spacial score (nSPS) is 11.1. The van der Waals surface area contributed by atoms with Crippen molar-refractivity contribution in [1.82, 2.24) is 0 Å². The number of rotatable bonds is 3. The van der Waals surface area contributed by atoms with Crippen LogP contribution < -0.4 is 10.4 Å². The monoisotopic (exact) mass is 216 g/mol. The molecule has 2 rings (SSSR count).